The Hall–Kier alpha value is -0.610. The van der Waals surface area contributed by atoms with E-state index in [1.807, 2.05) is 13.1 Å². The van der Waals surface area contributed by atoms with Gasteiger partial charge in [0.1, 0.15) is 11.4 Å². The summed E-state index contributed by atoms with van der Waals surface area (Å²) in [5.74, 6) is 0.866. The maximum Gasteiger partial charge on any atom is 0.139 e. The van der Waals surface area contributed by atoms with Gasteiger partial charge >= 0.3 is 0 Å². The molecule has 1 N–H and O–H groups in total. The Bertz CT molecular complexity index is 353. The van der Waals surface area contributed by atoms with E-state index in [1.165, 1.54) is 6.42 Å². The predicted molar refractivity (Wildman–Crippen MR) is 67.7 cm³/mol. The van der Waals surface area contributed by atoms with E-state index >= 15 is 0 Å². The average Bonchev–Trinajstić information content (AvgIpc) is 2.22. The largest absolute Gasteiger partial charge is 0.486 e. The number of pyridine rings is 1. The van der Waals surface area contributed by atoms with Crippen molar-refractivity contribution in [3.63, 3.8) is 0 Å². The van der Waals surface area contributed by atoms with Crippen LogP contribution in [-0.4, -0.2) is 24.2 Å². The number of halogens is 1. The molecule has 4 heteroatoms. The lowest BCUT2D eigenvalue weighted by Gasteiger charge is -2.42. The highest BCUT2D eigenvalue weighted by molar-refractivity contribution is 9.10. The van der Waals surface area contributed by atoms with Gasteiger partial charge in [0.15, 0.2) is 0 Å². The van der Waals surface area contributed by atoms with Crippen LogP contribution < -0.4 is 10.1 Å². The maximum absolute atomic E-state index is 6.09. The molecule has 0 atom stereocenters. The van der Waals surface area contributed by atoms with Crippen molar-refractivity contribution in [2.75, 3.05) is 13.6 Å². The van der Waals surface area contributed by atoms with Gasteiger partial charge < -0.3 is 10.1 Å². The second-order valence-corrected chi connectivity index (χ2v) is 5.25. The average molecular weight is 285 g/mol. The van der Waals surface area contributed by atoms with Crippen LogP contribution in [0.3, 0.4) is 0 Å². The summed E-state index contributed by atoms with van der Waals surface area (Å²) >= 11 is 3.41. The Morgan fingerprint density at radius 2 is 2.31 bits per heavy atom. The molecule has 1 aromatic rings. The van der Waals surface area contributed by atoms with Crippen molar-refractivity contribution in [1.29, 1.82) is 0 Å². The molecule has 1 saturated carbocycles. The Balaban J connectivity index is 2.01. The topological polar surface area (TPSA) is 34.1 Å². The molecule has 1 aromatic heterocycles. The lowest BCUT2D eigenvalue weighted by Crippen LogP contribution is -2.45. The van der Waals surface area contributed by atoms with Crippen molar-refractivity contribution < 1.29 is 4.74 Å². The highest BCUT2D eigenvalue weighted by atomic mass is 79.9. The van der Waals surface area contributed by atoms with E-state index in [1.54, 1.807) is 12.4 Å². The molecule has 0 amide bonds. The Labute approximate surface area is 105 Å². The van der Waals surface area contributed by atoms with Gasteiger partial charge in [0.25, 0.3) is 0 Å². The molecule has 0 aromatic carbocycles. The SMILES string of the molecule is CNCCC1(Oc2cncc(Br)c2)CCC1. The van der Waals surface area contributed by atoms with Crippen LogP contribution in [0.25, 0.3) is 0 Å². The first-order chi connectivity index (χ1) is 7.74. The van der Waals surface area contributed by atoms with Crippen molar-refractivity contribution in [3.05, 3.63) is 22.9 Å². The normalized spacial score (nSPS) is 17.9. The molecule has 0 unspecified atom stereocenters. The molecular formula is C12H17BrN2O. The van der Waals surface area contributed by atoms with Crippen LogP contribution in [0.1, 0.15) is 25.7 Å². The van der Waals surface area contributed by atoms with Gasteiger partial charge in [-0.2, -0.15) is 0 Å². The number of hydrogen-bond donors (Lipinski definition) is 1. The number of hydrogen-bond acceptors (Lipinski definition) is 3. The number of aromatic nitrogens is 1. The Morgan fingerprint density at radius 1 is 1.50 bits per heavy atom. The van der Waals surface area contributed by atoms with Gasteiger partial charge in [0.2, 0.25) is 0 Å². The zero-order chi connectivity index (χ0) is 11.4. The Morgan fingerprint density at radius 3 is 2.88 bits per heavy atom. The minimum Gasteiger partial charge on any atom is -0.486 e. The molecule has 0 radical (unpaired) electrons. The molecule has 0 saturated heterocycles. The van der Waals surface area contributed by atoms with Gasteiger partial charge in [0, 0.05) is 10.7 Å². The molecule has 0 aliphatic heterocycles. The standard InChI is InChI=1S/C12H17BrN2O/c1-14-6-5-12(3-2-4-12)16-11-7-10(13)8-15-9-11/h7-9,14H,2-6H2,1H3. The van der Waals surface area contributed by atoms with E-state index in [0.717, 1.165) is 36.0 Å². The first-order valence-corrected chi connectivity index (χ1v) is 6.48. The van der Waals surface area contributed by atoms with Gasteiger partial charge in [-0.15, -0.1) is 0 Å². The molecule has 1 heterocycles. The molecule has 16 heavy (non-hydrogen) atoms. The summed E-state index contributed by atoms with van der Waals surface area (Å²) < 4.78 is 7.05. The molecule has 1 fully saturated rings. The van der Waals surface area contributed by atoms with E-state index < -0.39 is 0 Å². The lowest BCUT2D eigenvalue weighted by molar-refractivity contribution is -0.0142. The fourth-order valence-electron chi connectivity index (χ4n) is 2.03. The summed E-state index contributed by atoms with van der Waals surface area (Å²) in [6, 6.07) is 1.98. The molecule has 1 aliphatic rings. The van der Waals surface area contributed by atoms with Crippen molar-refractivity contribution >= 4 is 15.9 Å². The summed E-state index contributed by atoms with van der Waals surface area (Å²) in [7, 11) is 1.98. The van der Waals surface area contributed by atoms with Crippen LogP contribution in [0.2, 0.25) is 0 Å². The van der Waals surface area contributed by atoms with Crippen LogP contribution in [0.4, 0.5) is 0 Å². The molecule has 3 nitrogen and oxygen atoms in total. The highest BCUT2D eigenvalue weighted by Gasteiger charge is 2.38. The predicted octanol–water partition coefficient (Wildman–Crippen LogP) is 2.76. The monoisotopic (exact) mass is 284 g/mol. The molecule has 2 rings (SSSR count). The van der Waals surface area contributed by atoms with Crippen molar-refractivity contribution in [2.45, 2.75) is 31.3 Å². The first kappa shape index (κ1) is 11.9. The van der Waals surface area contributed by atoms with Gasteiger partial charge in [-0.3, -0.25) is 4.98 Å². The number of nitrogens with one attached hydrogen (secondary N) is 1. The Kier molecular flexibility index (Phi) is 3.82. The quantitative estimate of drug-likeness (QED) is 0.903. The second-order valence-electron chi connectivity index (χ2n) is 4.33. The van der Waals surface area contributed by atoms with E-state index in [-0.39, 0.29) is 5.60 Å². The molecule has 0 spiro atoms. The number of nitrogens with zero attached hydrogens (tertiary/aromatic N) is 1. The fourth-order valence-corrected chi connectivity index (χ4v) is 2.37. The molecule has 0 bridgehead atoms. The molecule has 1 aliphatic carbocycles. The molecule has 88 valence electrons. The fraction of sp³-hybridized carbons (Fsp3) is 0.583. The smallest absolute Gasteiger partial charge is 0.139 e. The van der Waals surface area contributed by atoms with Crippen LogP contribution in [0.5, 0.6) is 5.75 Å². The zero-order valence-corrected chi connectivity index (χ0v) is 11.1. The van der Waals surface area contributed by atoms with E-state index in [4.69, 9.17) is 4.74 Å². The van der Waals surface area contributed by atoms with Crippen LogP contribution in [-0.2, 0) is 0 Å². The molecular weight excluding hydrogens is 268 g/mol. The van der Waals surface area contributed by atoms with E-state index in [2.05, 4.69) is 26.2 Å². The summed E-state index contributed by atoms with van der Waals surface area (Å²) in [6.07, 6.45) is 8.20. The van der Waals surface area contributed by atoms with Crippen molar-refractivity contribution in [1.82, 2.24) is 10.3 Å². The van der Waals surface area contributed by atoms with Crippen molar-refractivity contribution in [2.24, 2.45) is 0 Å². The first-order valence-electron chi connectivity index (χ1n) is 5.68. The summed E-state index contributed by atoms with van der Waals surface area (Å²) in [5.41, 5.74) is 0.0471. The van der Waals surface area contributed by atoms with Crippen LogP contribution in [0.15, 0.2) is 22.9 Å². The summed E-state index contributed by atoms with van der Waals surface area (Å²) in [5, 5.41) is 3.18. The highest BCUT2D eigenvalue weighted by Crippen LogP contribution is 2.39. The zero-order valence-electron chi connectivity index (χ0n) is 9.50. The van der Waals surface area contributed by atoms with Gasteiger partial charge in [-0.25, -0.2) is 0 Å². The van der Waals surface area contributed by atoms with E-state index in [9.17, 15) is 0 Å². The summed E-state index contributed by atoms with van der Waals surface area (Å²) in [6.45, 7) is 1.00. The van der Waals surface area contributed by atoms with Gasteiger partial charge in [-0.1, -0.05) is 0 Å². The van der Waals surface area contributed by atoms with Crippen LogP contribution in [0, 0.1) is 0 Å². The second kappa shape index (κ2) is 5.15. The van der Waals surface area contributed by atoms with Gasteiger partial charge in [-0.05, 0) is 61.3 Å². The third-order valence-corrected chi connectivity index (χ3v) is 3.54. The number of rotatable bonds is 5. The lowest BCUT2D eigenvalue weighted by atomic mass is 9.77. The third kappa shape index (κ3) is 2.74. The summed E-state index contributed by atoms with van der Waals surface area (Å²) in [4.78, 5) is 4.12. The minimum atomic E-state index is 0.0471. The minimum absolute atomic E-state index is 0.0471. The third-order valence-electron chi connectivity index (χ3n) is 3.11. The maximum atomic E-state index is 6.09. The van der Waals surface area contributed by atoms with Crippen molar-refractivity contribution in [3.8, 4) is 5.75 Å². The van der Waals surface area contributed by atoms with E-state index in [0.29, 0.717) is 0 Å². The van der Waals surface area contributed by atoms with Crippen LogP contribution >= 0.6 is 15.9 Å². The van der Waals surface area contributed by atoms with Gasteiger partial charge in [0.05, 0.1) is 6.20 Å². The number of ether oxygens (including phenoxy) is 1.